The highest BCUT2D eigenvalue weighted by Gasteiger charge is 2.33. The smallest absolute Gasteiger partial charge is 0.270 e. The number of carbonyl (C=O) groups excluding carboxylic acids is 2. The minimum Gasteiger partial charge on any atom is -0.349 e. The summed E-state index contributed by atoms with van der Waals surface area (Å²) >= 11 is 1.60. The van der Waals surface area contributed by atoms with Crippen LogP contribution in [-0.2, 0) is 17.9 Å². The first-order valence-electron chi connectivity index (χ1n) is 6.39. The van der Waals surface area contributed by atoms with Crippen molar-refractivity contribution in [2.75, 3.05) is 7.05 Å². The molecule has 0 saturated carbocycles. The summed E-state index contributed by atoms with van der Waals surface area (Å²) in [5.41, 5.74) is 0.634. The van der Waals surface area contributed by atoms with Crippen LogP contribution in [0, 0.1) is 0 Å². The molecule has 5 nitrogen and oxygen atoms in total. The molecular formula is C14H15N3O2S. The first kappa shape index (κ1) is 12.9. The van der Waals surface area contributed by atoms with E-state index >= 15 is 0 Å². The van der Waals surface area contributed by atoms with Crippen LogP contribution in [0.4, 0.5) is 0 Å². The normalized spacial score (nSPS) is 17.9. The Hall–Kier alpha value is -2.08. The molecule has 20 heavy (non-hydrogen) atoms. The fraction of sp³-hybridized carbons (Fsp3) is 0.286. The lowest BCUT2D eigenvalue weighted by atomic mass is 10.1. The highest BCUT2D eigenvalue weighted by Crippen LogP contribution is 2.17. The molecule has 0 fully saturated rings. The van der Waals surface area contributed by atoms with Crippen molar-refractivity contribution in [1.29, 1.82) is 0 Å². The van der Waals surface area contributed by atoms with Crippen LogP contribution in [-0.4, -0.2) is 34.4 Å². The monoisotopic (exact) mass is 289 g/mol. The molecule has 0 saturated heterocycles. The lowest BCUT2D eigenvalue weighted by molar-refractivity contribution is -0.126. The van der Waals surface area contributed by atoms with E-state index in [1.165, 1.54) is 4.90 Å². The van der Waals surface area contributed by atoms with Crippen LogP contribution in [0.2, 0.25) is 0 Å². The number of carbonyl (C=O) groups is 2. The van der Waals surface area contributed by atoms with Crippen molar-refractivity contribution in [3.05, 3.63) is 46.4 Å². The summed E-state index contributed by atoms with van der Waals surface area (Å²) in [6, 6.07) is 7.08. The van der Waals surface area contributed by atoms with E-state index in [0.717, 1.165) is 4.88 Å². The van der Waals surface area contributed by atoms with E-state index in [4.69, 9.17) is 0 Å². The molecule has 1 atom stereocenters. The SMILES string of the molecule is CN1C(=O)c2cccn2CC1C(=O)NCc1cccs1. The van der Waals surface area contributed by atoms with Gasteiger partial charge in [-0.2, -0.15) is 0 Å². The number of hydrogen-bond acceptors (Lipinski definition) is 3. The molecule has 3 heterocycles. The van der Waals surface area contributed by atoms with Crippen LogP contribution in [0.25, 0.3) is 0 Å². The molecule has 2 aromatic rings. The molecule has 0 spiro atoms. The van der Waals surface area contributed by atoms with Crippen LogP contribution in [0.15, 0.2) is 35.8 Å². The van der Waals surface area contributed by atoms with Crippen LogP contribution >= 0.6 is 11.3 Å². The Morgan fingerprint density at radius 2 is 2.30 bits per heavy atom. The van der Waals surface area contributed by atoms with E-state index in [1.54, 1.807) is 24.5 Å². The minimum absolute atomic E-state index is 0.113. The van der Waals surface area contributed by atoms with Crippen molar-refractivity contribution in [3.8, 4) is 0 Å². The maximum atomic E-state index is 12.3. The lowest BCUT2D eigenvalue weighted by Gasteiger charge is -2.32. The minimum atomic E-state index is -0.456. The number of likely N-dealkylation sites (N-methyl/N-ethyl adjacent to an activating group) is 1. The van der Waals surface area contributed by atoms with Crippen molar-refractivity contribution < 1.29 is 9.59 Å². The highest BCUT2D eigenvalue weighted by atomic mass is 32.1. The van der Waals surface area contributed by atoms with Gasteiger partial charge in [0.15, 0.2) is 0 Å². The summed E-state index contributed by atoms with van der Waals surface area (Å²) in [6.45, 7) is 1.01. The van der Waals surface area contributed by atoms with Crippen molar-refractivity contribution in [2.45, 2.75) is 19.1 Å². The van der Waals surface area contributed by atoms with Gasteiger partial charge in [0.1, 0.15) is 11.7 Å². The fourth-order valence-corrected chi connectivity index (χ4v) is 3.01. The molecule has 2 amide bonds. The Morgan fingerprint density at radius 1 is 1.45 bits per heavy atom. The second kappa shape index (κ2) is 5.13. The van der Waals surface area contributed by atoms with Gasteiger partial charge in [-0.25, -0.2) is 0 Å². The number of thiophene rings is 1. The third-order valence-corrected chi connectivity index (χ3v) is 4.40. The molecule has 0 bridgehead atoms. The maximum Gasteiger partial charge on any atom is 0.270 e. The highest BCUT2D eigenvalue weighted by molar-refractivity contribution is 7.09. The molecule has 0 radical (unpaired) electrons. The second-order valence-electron chi connectivity index (χ2n) is 4.77. The third-order valence-electron chi connectivity index (χ3n) is 3.53. The number of hydrogen-bond donors (Lipinski definition) is 1. The summed E-state index contributed by atoms with van der Waals surface area (Å²) in [5.74, 6) is -0.230. The first-order valence-corrected chi connectivity index (χ1v) is 7.27. The number of amides is 2. The Balaban J connectivity index is 1.71. The van der Waals surface area contributed by atoms with Crippen LogP contribution in [0.3, 0.4) is 0 Å². The third kappa shape index (κ3) is 2.22. The molecule has 1 unspecified atom stereocenters. The number of aromatic nitrogens is 1. The molecule has 2 aromatic heterocycles. The number of fused-ring (bicyclic) bond motifs is 1. The molecule has 3 rings (SSSR count). The molecular weight excluding hydrogens is 274 g/mol. The van der Waals surface area contributed by atoms with E-state index in [0.29, 0.717) is 18.8 Å². The van der Waals surface area contributed by atoms with Gasteiger partial charge < -0.3 is 14.8 Å². The largest absolute Gasteiger partial charge is 0.349 e. The van der Waals surface area contributed by atoms with Gasteiger partial charge in [-0.15, -0.1) is 11.3 Å². The van der Waals surface area contributed by atoms with Crippen LogP contribution < -0.4 is 5.32 Å². The van der Waals surface area contributed by atoms with Crippen LogP contribution in [0.5, 0.6) is 0 Å². The van der Waals surface area contributed by atoms with E-state index in [1.807, 2.05) is 34.3 Å². The van der Waals surface area contributed by atoms with Crippen molar-refractivity contribution in [3.63, 3.8) is 0 Å². The van der Waals surface area contributed by atoms with E-state index in [-0.39, 0.29) is 11.8 Å². The zero-order valence-electron chi connectivity index (χ0n) is 11.1. The van der Waals surface area contributed by atoms with Gasteiger partial charge in [0.25, 0.3) is 5.91 Å². The maximum absolute atomic E-state index is 12.3. The van der Waals surface area contributed by atoms with Crippen molar-refractivity contribution in [2.24, 2.45) is 0 Å². The lowest BCUT2D eigenvalue weighted by Crippen LogP contribution is -2.53. The van der Waals surface area contributed by atoms with Gasteiger partial charge in [0.2, 0.25) is 5.91 Å². The number of nitrogens with one attached hydrogen (secondary N) is 1. The van der Waals surface area contributed by atoms with E-state index in [2.05, 4.69) is 5.32 Å². The van der Waals surface area contributed by atoms with Crippen molar-refractivity contribution >= 4 is 23.2 Å². The zero-order valence-corrected chi connectivity index (χ0v) is 11.9. The second-order valence-corrected chi connectivity index (χ2v) is 5.81. The van der Waals surface area contributed by atoms with Crippen molar-refractivity contribution in [1.82, 2.24) is 14.8 Å². The van der Waals surface area contributed by atoms with Gasteiger partial charge >= 0.3 is 0 Å². The van der Waals surface area contributed by atoms with Gasteiger partial charge in [-0.1, -0.05) is 6.07 Å². The average Bonchev–Trinajstić information content (AvgIpc) is 3.10. The fourth-order valence-electron chi connectivity index (χ4n) is 2.36. The number of nitrogens with zero attached hydrogens (tertiary/aromatic N) is 2. The molecule has 1 aliphatic rings. The molecule has 104 valence electrons. The molecule has 1 aliphatic heterocycles. The van der Waals surface area contributed by atoms with Gasteiger partial charge in [0, 0.05) is 18.1 Å². The Morgan fingerprint density at radius 3 is 3.05 bits per heavy atom. The quantitative estimate of drug-likeness (QED) is 0.926. The standard InChI is InChI=1S/C14H15N3O2S/c1-16-12(9-17-6-2-5-11(17)14(16)19)13(18)15-8-10-4-3-7-20-10/h2-7,12H,8-9H2,1H3,(H,15,18). The predicted octanol–water partition coefficient (Wildman–Crippen LogP) is 1.32. The predicted molar refractivity (Wildman–Crippen MR) is 76.5 cm³/mol. The molecule has 1 N–H and O–H groups in total. The first-order chi connectivity index (χ1) is 9.66. The molecule has 0 aliphatic carbocycles. The topological polar surface area (TPSA) is 54.3 Å². The van der Waals surface area contributed by atoms with Gasteiger partial charge in [-0.05, 0) is 23.6 Å². The van der Waals surface area contributed by atoms with Gasteiger partial charge in [-0.3, -0.25) is 9.59 Å². The zero-order chi connectivity index (χ0) is 14.1. The Kier molecular flexibility index (Phi) is 3.31. The summed E-state index contributed by atoms with van der Waals surface area (Å²) in [4.78, 5) is 27.0. The van der Waals surface area contributed by atoms with E-state index in [9.17, 15) is 9.59 Å². The summed E-state index contributed by atoms with van der Waals surface area (Å²) in [7, 11) is 1.67. The van der Waals surface area contributed by atoms with Gasteiger partial charge in [0.05, 0.1) is 13.1 Å². The Labute approximate surface area is 120 Å². The Bertz CT molecular complexity index is 633. The number of rotatable bonds is 3. The van der Waals surface area contributed by atoms with E-state index < -0.39 is 6.04 Å². The van der Waals surface area contributed by atoms with Crippen LogP contribution in [0.1, 0.15) is 15.4 Å². The average molecular weight is 289 g/mol. The summed E-state index contributed by atoms with van der Waals surface area (Å²) in [6.07, 6.45) is 1.83. The summed E-state index contributed by atoms with van der Waals surface area (Å²) < 4.78 is 1.83. The summed E-state index contributed by atoms with van der Waals surface area (Å²) in [5, 5.41) is 4.87. The molecule has 6 heteroatoms. The molecule has 0 aromatic carbocycles.